The summed E-state index contributed by atoms with van der Waals surface area (Å²) < 4.78 is 7.00. The summed E-state index contributed by atoms with van der Waals surface area (Å²) in [4.78, 5) is 28.3. The highest BCUT2D eigenvalue weighted by atomic mass is 79.9. The second-order valence-corrected chi connectivity index (χ2v) is 10.7. The monoisotopic (exact) mass is 543 g/mol. The van der Waals surface area contributed by atoms with Gasteiger partial charge in [-0.1, -0.05) is 41.4 Å². The molecule has 4 N–H and O–H groups in total. The predicted molar refractivity (Wildman–Crippen MR) is 131 cm³/mol. The molecular weight excluding hydrogens is 517 g/mol. The van der Waals surface area contributed by atoms with E-state index in [1.807, 2.05) is 6.92 Å². The van der Waals surface area contributed by atoms with Crippen LogP contribution in [0.2, 0.25) is 0 Å². The number of aliphatic hydroxyl groups is 1. The second kappa shape index (κ2) is 9.01. The Labute approximate surface area is 211 Å². The molecule has 3 aliphatic rings. The van der Waals surface area contributed by atoms with Crippen LogP contribution in [-0.4, -0.2) is 45.0 Å². The maximum atomic E-state index is 13.7. The zero-order valence-electron chi connectivity index (χ0n) is 19.2. The van der Waals surface area contributed by atoms with Crippen LogP contribution in [0.5, 0.6) is 5.75 Å². The van der Waals surface area contributed by atoms with Crippen molar-refractivity contribution in [2.45, 2.75) is 44.5 Å². The molecule has 1 saturated carbocycles. The fourth-order valence-electron chi connectivity index (χ4n) is 6.22. The van der Waals surface area contributed by atoms with Crippen molar-refractivity contribution in [3.05, 3.63) is 52.5 Å². The number of ether oxygens (including phenoxy) is 1. The van der Waals surface area contributed by atoms with Crippen LogP contribution < -0.4 is 10.4 Å². The molecule has 184 valence electrons. The van der Waals surface area contributed by atoms with E-state index in [1.54, 1.807) is 30.3 Å². The molecule has 6 atom stereocenters. The fraction of sp³-hybridized carbons (Fsp3) is 0.440. The van der Waals surface area contributed by atoms with Crippen LogP contribution in [0.25, 0.3) is 0 Å². The Kier molecular flexibility index (Phi) is 6.30. The highest BCUT2D eigenvalue weighted by molar-refractivity contribution is 9.10. The minimum atomic E-state index is -1.73. The van der Waals surface area contributed by atoms with Crippen LogP contribution in [-0.2, 0) is 14.3 Å². The smallest absolute Gasteiger partial charge is 0.488 e. The van der Waals surface area contributed by atoms with Gasteiger partial charge in [-0.05, 0) is 55.1 Å². The lowest BCUT2D eigenvalue weighted by molar-refractivity contribution is -0.270. The van der Waals surface area contributed by atoms with E-state index < -0.39 is 42.7 Å². The molecule has 0 aromatic heterocycles. The SMILES string of the molecule is CCC[C@H]1C[C@@H]2C(=O)N(c3cccc(B(O)O)c3)C(=O)[C@@H]2[C@@H]2C[C@@H](c3cc(Br)ccc3O)O[C@]12O. The Balaban J connectivity index is 1.54. The molecule has 2 aliphatic heterocycles. The van der Waals surface area contributed by atoms with Gasteiger partial charge in [-0.2, -0.15) is 0 Å². The zero-order chi connectivity index (χ0) is 25.1. The molecule has 2 aromatic carbocycles. The molecule has 8 nitrogen and oxygen atoms in total. The predicted octanol–water partition coefficient (Wildman–Crippen LogP) is 2.23. The zero-order valence-corrected chi connectivity index (χ0v) is 20.8. The van der Waals surface area contributed by atoms with Crippen molar-refractivity contribution in [1.29, 1.82) is 0 Å². The van der Waals surface area contributed by atoms with E-state index in [9.17, 15) is 29.9 Å². The van der Waals surface area contributed by atoms with Gasteiger partial charge in [0.15, 0.2) is 5.79 Å². The van der Waals surface area contributed by atoms with Crippen LogP contribution in [0.4, 0.5) is 5.69 Å². The third kappa shape index (κ3) is 3.92. The molecule has 2 aromatic rings. The van der Waals surface area contributed by atoms with Gasteiger partial charge in [-0.15, -0.1) is 0 Å². The van der Waals surface area contributed by atoms with E-state index in [0.29, 0.717) is 18.4 Å². The molecule has 2 heterocycles. The number of carbonyl (C=O) groups excluding carboxylic acids is 2. The molecule has 35 heavy (non-hydrogen) atoms. The summed E-state index contributed by atoms with van der Waals surface area (Å²) in [5.74, 6) is -4.69. The van der Waals surface area contributed by atoms with Gasteiger partial charge < -0.3 is 25.0 Å². The number of rotatable bonds is 5. The van der Waals surface area contributed by atoms with Crippen molar-refractivity contribution >= 4 is 46.0 Å². The summed E-state index contributed by atoms with van der Waals surface area (Å²) in [6.45, 7) is 2.00. The molecule has 2 amide bonds. The maximum absolute atomic E-state index is 13.7. The molecule has 0 bridgehead atoms. The van der Waals surface area contributed by atoms with Crippen molar-refractivity contribution in [3.8, 4) is 5.75 Å². The molecule has 1 aliphatic carbocycles. The van der Waals surface area contributed by atoms with E-state index in [2.05, 4.69) is 15.9 Å². The first-order chi connectivity index (χ1) is 16.7. The van der Waals surface area contributed by atoms with Gasteiger partial charge in [-0.25, -0.2) is 0 Å². The Morgan fingerprint density at radius 3 is 2.63 bits per heavy atom. The number of anilines is 1. The van der Waals surface area contributed by atoms with Crippen molar-refractivity contribution < 1.29 is 34.6 Å². The van der Waals surface area contributed by atoms with Crippen LogP contribution in [0.1, 0.15) is 44.3 Å². The van der Waals surface area contributed by atoms with Crippen molar-refractivity contribution in [3.63, 3.8) is 0 Å². The highest BCUT2D eigenvalue weighted by Gasteiger charge is 2.66. The number of halogens is 1. The Hall–Kier alpha value is -2.24. The number of fused-ring (bicyclic) bond motifs is 3. The van der Waals surface area contributed by atoms with Gasteiger partial charge >= 0.3 is 7.12 Å². The molecular formula is C25H27BBrNO7. The number of benzene rings is 2. The third-order valence-corrected chi connectivity index (χ3v) is 8.26. The molecule has 2 saturated heterocycles. The van der Waals surface area contributed by atoms with Crippen molar-refractivity contribution in [2.24, 2.45) is 23.7 Å². The van der Waals surface area contributed by atoms with E-state index in [4.69, 9.17) is 4.74 Å². The van der Waals surface area contributed by atoms with Crippen LogP contribution in [0.15, 0.2) is 46.9 Å². The number of imide groups is 1. The van der Waals surface area contributed by atoms with Crippen LogP contribution in [0, 0.1) is 23.7 Å². The lowest BCUT2D eigenvalue weighted by Gasteiger charge is -2.44. The summed E-state index contributed by atoms with van der Waals surface area (Å²) >= 11 is 3.41. The average molecular weight is 544 g/mol. The number of phenols is 1. The van der Waals surface area contributed by atoms with E-state index >= 15 is 0 Å². The van der Waals surface area contributed by atoms with Gasteiger partial charge in [-0.3, -0.25) is 14.5 Å². The first kappa shape index (κ1) is 24.5. The van der Waals surface area contributed by atoms with Crippen LogP contribution in [0.3, 0.4) is 0 Å². The molecule has 0 radical (unpaired) electrons. The maximum Gasteiger partial charge on any atom is 0.488 e. The fourth-order valence-corrected chi connectivity index (χ4v) is 6.59. The van der Waals surface area contributed by atoms with Gasteiger partial charge in [0.2, 0.25) is 11.8 Å². The van der Waals surface area contributed by atoms with E-state index in [0.717, 1.165) is 15.8 Å². The minimum Gasteiger partial charge on any atom is -0.508 e. The standard InChI is InChI=1S/C25H27BBrNO7/c1-2-4-13-9-18-22(24(31)28(23(18)30)16-6-3-5-14(10-16)26(33)34)19-12-21(35-25(13,19)32)17-11-15(27)7-8-20(17)29/h3,5-8,10-11,13,18-19,21-22,29,32-34H,2,4,9,12H2,1H3/t13-,18-,19-,21-,22-,25+/m0/s1. The summed E-state index contributed by atoms with van der Waals surface area (Å²) in [6, 6.07) is 11.1. The minimum absolute atomic E-state index is 0.0406. The number of aromatic hydroxyl groups is 1. The largest absolute Gasteiger partial charge is 0.508 e. The molecule has 10 heteroatoms. The summed E-state index contributed by atoms with van der Waals surface area (Å²) in [5, 5.41) is 41.4. The summed E-state index contributed by atoms with van der Waals surface area (Å²) in [5.41, 5.74) is 0.968. The molecule has 3 fully saturated rings. The average Bonchev–Trinajstić information content (AvgIpc) is 3.30. The lowest BCUT2D eigenvalue weighted by atomic mass is 9.63. The summed E-state index contributed by atoms with van der Waals surface area (Å²) in [7, 11) is -1.73. The number of carbonyl (C=O) groups is 2. The Bertz CT molecular complexity index is 1180. The third-order valence-electron chi connectivity index (χ3n) is 7.76. The molecule has 0 unspecified atom stereocenters. The molecule has 0 spiro atoms. The first-order valence-corrected chi connectivity index (χ1v) is 12.7. The number of nitrogens with zero attached hydrogens (tertiary/aromatic N) is 1. The quantitative estimate of drug-likeness (QED) is 0.336. The van der Waals surface area contributed by atoms with Crippen molar-refractivity contribution in [1.82, 2.24) is 0 Å². The Morgan fingerprint density at radius 2 is 1.91 bits per heavy atom. The van der Waals surface area contributed by atoms with Gasteiger partial charge in [0.05, 0.1) is 23.6 Å². The number of hydrogen-bond acceptors (Lipinski definition) is 7. The Morgan fingerprint density at radius 1 is 1.14 bits per heavy atom. The topological polar surface area (TPSA) is 128 Å². The first-order valence-electron chi connectivity index (χ1n) is 11.9. The number of amides is 2. The second-order valence-electron chi connectivity index (χ2n) is 9.74. The van der Waals surface area contributed by atoms with Crippen LogP contribution >= 0.6 is 15.9 Å². The summed E-state index contributed by atoms with van der Waals surface area (Å²) in [6.07, 6.45) is 1.36. The van der Waals surface area contributed by atoms with Gasteiger partial charge in [0.25, 0.3) is 0 Å². The molecule has 5 rings (SSSR count). The number of phenolic OH excluding ortho intramolecular Hbond substituents is 1. The van der Waals surface area contributed by atoms with E-state index in [1.165, 1.54) is 12.1 Å². The lowest BCUT2D eigenvalue weighted by Crippen LogP contribution is -2.53. The van der Waals surface area contributed by atoms with E-state index in [-0.39, 0.29) is 35.1 Å². The van der Waals surface area contributed by atoms with Crippen molar-refractivity contribution in [2.75, 3.05) is 4.90 Å². The van der Waals surface area contributed by atoms with Gasteiger partial charge in [0, 0.05) is 21.9 Å². The normalized spacial score (nSPS) is 32.0. The van der Waals surface area contributed by atoms with Gasteiger partial charge in [0.1, 0.15) is 5.75 Å². The highest BCUT2D eigenvalue weighted by Crippen LogP contribution is 2.60. The number of hydrogen-bond donors (Lipinski definition) is 4.